The zero-order chi connectivity index (χ0) is 16.0. The summed E-state index contributed by atoms with van der Waals surface area (Å²) in [6.07, 6.45) is 10.2. The van der Waals surface area contributed by atoms with Crippen molar-refractivity contribution in [1.29, 1.82) is 0 Å². The van der Waals surface area contributed by atoms with Crippen molar-refractivity contribution in [3.8, 4) is 0 Å². The topological polar surface area (TPSA) is 55.2 Å². The lowest BCUT2D eigenvalue weighted by molar-refractivity contribution is 0.0830. The van der Waals surface area contributed by atoms with Crippen LogP contribution in [-0.2, 0) is 9.84 Å². The molecule has 1 aromatic rings. The van der Waals surface area contributed by atoms with Crippen LogP contribution >= 0.6 is 11.6 Å². The molecule has 7 heteroatoms. The fourth-order valence-corrected chi connectivity index (χ4v) is 6.43. The van der Waals surface area contributed by atoms with E-state index in [0.29, 0.717) is 40.6 Å². The molecular weight excluding hydrogens is 334 g/mol. The summed E-state index contributed by atoms with van der Waals surface area (Å²) in [5, 5.41) is 5.10. The maximum atomic E-state index is 11.6. The van der Waals surface area contributed by atoms with Crippen molar-refractivity contribution < 1.29 is 8.42 Å². The van der Waals surface area contributed by atoms with Crippen LogP contribution in [0, 0.1) is 5.92 Å². The number of halogens is 1. The van der Waals surface area contributed by atoms with E-state index in [4.69, 9.17) is 11.6 Å². The largest absolute Gasteiger partial charge is 0.297 e. The van der Waals surface area contributed by atoms with Gasteiger partial charge in [0.05, 0.1) is 28.8 Å². The molecular formula is C16H24ClN3O2S. The number of nitrogens with zero attached hydrogens (tertiary/aromatic N) is 3. The first kappa shape index (κ1) is 15.9. The van der Waals surface area contributed by atoms with Crippen LogP contribution in [0.5, 0.6) is 0 Å². The van der Waals surface area contributed by atoms with Crippen LogP contribution in [-0.4, -0.2) is 53.2 Å². The van der Waals surface area contributed by atoms with E-state index in [1.54, 1.807) is 6.20 Å². The number of hydrogen-bond donors (Lipinski definition) is 0. The van der Waals surface area contributed by atoms with Crippen LogP contribution in [0.15, 0.2) is 12.4 Å². The molecule has 2 bridgehead atoms. The summed E-state index contributed by atoms with van der Waals surface area (Å²) < 4.78 is 25.2. The maximum Gasteiger partial charge on any atom is 0.150 e. The lowest BCUT2D eigenvalue weighted by atomic mass is 9.94. The van der Waals surface area contributed by atoms with Crippen molar-refractivity contribution in [3.05, 3.63) is 17.4 Å². The monoisotopic (exact) mass is 357 g/mol. The third-order valence-corrected chi connectivity index (χ3v) is 7.86. The summed E-state index contributed by atoms with van der Waals surface area (Å²) in [6.45, 7) is 1.08. The molecule has 1 aromatic heterocycles. The Morgan fingerprint density at radius 1 is 1.09 bits per heavy atom. The molecule has 23 heavy (non-hydrogen) atoms. The van der Waals surface area contributed by atoms with E-state index < -0.39 is 9.84 Å². The van der Waals surface area contributed by atoms with Gasteiger partial charge in [0.1, 0.15) is 9.84 Å². The Hall–Kier alpha value is -0.590. The quantitative estimate of drug-likeness (QED) is 0.834. The zero-order valence-electron chi connectivity index (χ0n) is 13.3. The van der Waals surface area contributed by atoms with Gasteiger partial charge in [-0.25, -0.2) is 8.42 Å². The fraction of sp³-hybridized carbons (Fsp3) is 0.812. The van der Waals surface area contributed by atoms with Crippen LogP contribution in [0.4, 0.5) is 0 Å². The Kier molecular flexibility index (Phi) is 4.18. The second kappa shape index (κ2) is 6.05. The molecule has 3 fully saturated rings. The molecule has 0 N–H and O–H groups in total. The molecule has 4 heterocycles. The summed E-state index contributed by atoms with van der Waals surface area (Å²) in [5.41, 5.74) is 0. The van der Waals surface area contributed by atoms with E-state index in [0.717, 1.165) is 32.2 Å². The molecule has 0 aromatic carbocycles. The van der Waals surface area contributed by atoms with Crippen molar-refractivity contribution in [2.45, 2.75) is 56.7 Å². The number of hydrogen-bond acceptors (Lipinski definition) is 4. The van der Waals surface area contributed by atoms with Gasteiger partial charge in [-0.1, -0.05) is 11.6 Å². The minimum Gasteiger partial charge on any atom is -0.297 e. The minimum atomic E-state index is -2.75. The second-order valence-electron chi connectivity index (χ2n) is 7.44. The zero-order valence-corrected chi connectivity index (χ0v) is 14.8. The number of aromatic nitrogens is 2. The molecule has 2 unspecified atom stereocenters. The van der Waals surface area contributed by atoms with E-state index in [2.05, 4.69) is 10.00 Å². The van der Waals surface area contributed by atoms with Crippen LogP contribution in [0.3, 0.4) is 0 Å². The molecule has 0 spiro atoms. The Morgan fingerprint density at radius 3 is 2.30 bits per heavy atom. The van der Waals surface area contributed by atoms with Gasteiger partial charge in [-0.05, 0) is 44.4 Å². The third kappa shape index (κ3) is 3.30. The number of rotatable bonds is 3. The third-order valence-electron chi connectivity index (χ3n) is 5.95. The number of piperidine rings is 1. The van der Waals surface area contributed by atoms with Crippen molar-refractivity contribution in [1.82, 2.24) is 14.7 Å². The van der Waals surface area contributed by atoms with Gasteiger partial charge in [0.2, 0.25) is 0 Å². The molecule has 0 saturated carbocycles. The first-order chi connectivity index (χ1) is 11.0. The van der Waals surface area contributed by atoms with E-state index in [1.807, 2.05) is 10.9 Å². The molecule has 3 saturated heterocycles. The summed E-state index contributed by atoms with van der Waals surface area (Å²) >= 11 is 6.01. The molecule has 0 radical (unpaired) electrons. The number of fused-ring (bicyclic) bond motifs is 2. The highest BCUT2D eigenvalue weighted by Gasteiger charge is 2.42. The minimum absolute atomic E-state index is 0.384. The van der Waals surface area contributed by atoms with Crippen molar-refractivity contribution in [3.63, 3.8) is 0 Å². The molecule has 3 aliphatic heterocycles. The van der Waals surface area contributed by atoms with Crippen molar-refractivity contribution >= 4 is 21.4 Å². The van der Waals surface area contributed by atoms with Gasteiger partial charge >= 0.3 is 0 Å². The molecule has 4 rings (SSSR count). The predicted molar refractivity (Wildman–Crippen MR) is 90.4 cm³/mol. The normalized spacial score (nSPS) is 34.7. The maximum absolute atomic E-state index is 11.6. The lowest BCUT2D eigenvalue weighted by Crippen LogP contribution is -2.46. The van der Waals surface area contributed by atoms with Gasteiger partial charge in [-0.2, -0.15) is 5.10 Å². The molecule has 3 aliphatic rings. The molecule has 0 aliphatic carbocycles. The highest BCUT2D eigenvalue weighted by atomic mass is 35.5. The summed E-state index contributed by atoms with van der Waals surface area (Å²) in [7, 11) is -2.75. The highest BCUT2D eigenvalue weighted by Crippen LogP contribution is 2.41. The smallest absolute Gasteiger partial charge is 0.150 e. The fourth-order valence-electron chi connectivity index (χ4n) is 4.69. The van der Waals surface area contributed by atoms with E-state index in [1.165, 1.54) is 12.8 Å². The van der Waals surface area contributed by atoms with Gasteiger partial charge in [0.15, 0.2) is 0 Å². The standard InChI is InChI=1S/C16H24ClN3O2S/c17-13-9-18-20(11-13)16-7-14-1-2-15(8-16)19(14)10-12-3-5-23(21,22)6-4-12/h9,11-12,14-16H,1-8,10H2. The summed E-state index contributed by atoms with van der Waals surface area (Å²) in [5.74, 6) is 1.32. The average molecular weight is 358 g/mol. The van der Waals surface area contributed by atoms with Gasteiger partial charge in [-0.3, -0.25) is 9.58 Å². The van der Waals surface area contributed by atoms with Gasteiger partial charge in [0, 0.05) is 24.8 Å². The van der Waals surface area contributed by atoms with Gasteiger partial charge in [-0.15, -0.1) is 0 Å². The summed E-state index contributed by atoms with van der Waals surface area (Å²) in [6, 6.07) is 1.71. The van der Waals surface area contributed by atoms with Crippen molar-refractivity contribution in [2.24, 2.45) is 5.92 Å². The molecule has 2 atom stereocenters. The second-order valence-corrected chi connectivity index (χ2v) is 10.2. The van der Waals surface area contributed by atoms with Crippen LogP contribution < -0.4 is 0 Å². The summed E-state index contributed by atoms with van der Waals surface area (Å²) in [4.78, 5) is 2.67. The van der Waals surface area contributed by atoms with E-state index >= 15 is 0 Å². The Morgan fingerprint density at radius 2 is 1.74 bits per heavy atom. The average Bonchev–Trinajstić information content (AvgIpc) is 3.02. The predicted octanol–water partition coefficient (Wildman–Crippen LogP) is 2.53. The lowest BCUT2D eigenvalue weighted by Gasteiger charge is -2.41. The Balaban J connectivity index is 1.39. The Bertz CT molecular complexity index is 647. The van der Waals surface area contributed by atoms with Crippen LogP contribution in [0.2, 0.25) is 5.02 Å². The number of sulfone groups is 1. The van der Waals surface area contributed by atoms with Crippen LogP contribution in [0.1, 0.15) is 44.6 Å². The van der Waals surface area contributed by atoms with Gasteiger partial charge < -0.3 is 0 Å². The molecule has 5 nitrogen and oxygen atoms in total. The van der Waals surface area contributed by atoms with Gasteiger partial charge in [0.25, 0.3) is 0 Å². The highest BCUT2D eigenvalue weighted by molar-refractivity contribution is 7.91. The first-order valence-electron chi connectivity index (χ1n) is 8.66. The van der Waals surface area contributed by atoms with Crippen molar-refractivity contribution in [2.75, 3.05) is 18.1 Å². The van der Waals surface area contributed by atoms with E-state index in [-0.39, 0.29) is 0 Å². The SMILES string of the molecule is O=S1(=O)CCC(CN2C3CCC2CC(n2cc(Cl)cn2)C3)CC1. The molecule has 128 valence electrons. The Labute approximate surface area is 142 Å². The first-order valence-corrected chi connectivity index (χ1v) is 10.9. The molecule has 0 amide bonds. The van der Waals surface area contributed by atoms with Crippen LogP contribution in [0.25, 0.3) is 0 Å². The van der Waals surface area contributed by atoms with E-state index in [9.17, 15) is 8.42 Å².